The predicted octanol–water partition coefficient (Wildman–Crippen LogP) is 3.15. The zero-order valence-electron chi connectivity index (χ0n) is 17.2. The van der Waals surface area contributed by atoms with Crippen LogP contribution in [0.4, 0.5) is 0 Å². The maximum Gasteiger partial charge on any atom is 0.252 e. The topological polar surface area (TPSA) is 75.7 Å². The second-order valence-electron chi connectivity index (χ2n) is 8.45. The van der Waals surface area contributed by atoms with Gasteiger partial charge in [0.1, 0.15) is 0 Å². The van der Waals surface area contributed by atoms with Crippen molar-refractivity contribution >= 4 is 15.9 Å². The fourth-order valence-electron chi connectivity index (χ4n) is 4.71. The van der Waals surface area contributed by atoms with Crippen LogP contribution in [0.1, 0.15) is 31.2 Å². The molecule has 2 atom stereocenters. The van der Waals surface area contributed by atoms with Gasteiger partial charge in [-0.2, -0.15) is 0 Å². The van der Waals surface area contributed by atoms with Crippen LogP contribution in [0.3, 0.4) is 0 Å². The highest BCUT2D eigenvalue weighted by molar-refractivity contribution is 7.88. The number of nitrogens with zero attached hydrogens (tertiary/aromatic N) is 1. The molecule has 1 heterocycles. The molecular weight excluding hydrogens is 400 g/mol. The van der Waals surface area contributed by atoms with Crippen molar-refractivity contribution in [3.8, 4) is 11.1 Å². The largest absolute Gasteiger partial charge is 0.272 e. The molecule has 0 spiro atoms. The predicted molar refractivity (Wildman–Crippen MR) is 116 cm³/mol. The number of carbonyl (C=O) groups excluding carboxylic acids is 1. The quantitative estimate of drug-likeness (QED) is 0.767. The number of amides is 1. The van der Waals surface area contributed by atoms with Crippen molar-refractivity contribution in [2.75, 3.05) is 19.4 Å². The smallest absolute Gasteiger partial charge is 0.252 e. The van der Waals surface area contributed by atoms with E-state index in [4.69, 9.17) is 4.84 Å². The molecule has 1 saturated carbocycles. The van der Waals surface area contributed by atoms with E-state index in [1.807, 2.05) is 30.3 Å². The number of hydrogen-bond donors (Lipinski definition) is 1. The van der Waals surface area contributed by atoms with Crippen LogP contribution in [-0.4, -0.2) is 44.8 Å². The molecule has 0 unspecified atom stereocenters. The maximum absolute atomic E-state index is 13.5. The molecule has 7 heteroatoms. The molecule has 1 aliphatic heterocycles. The summed E-state index contributed by atoms with van der Waals surface area (Å²) in [4.78, 5) is 19.0. The summed E-state index contributed by atoms with van der Waals surface area (Å²) in [5.74, 6) is -0.0251. The number of nitrogens with one attached hydrogen (secondary N) is 1. The van der Waals surface area contributed by atoms with Crippen LogP contribution in [0, 0.1) is 5.41 Å². The summed E-state index contributed by atoms with van der Waals surface area (Å²) in [6.45, 7) is 1.14. The first-order valence-corrected chi connectivity index (χ1v) is 12.3. The average molecular weight is 429 g/mol. The molecule has 0 bridgehead atoms. The molecule has 4 rings (SSSR count). The van der Waals surface area contributed by atoms with Gasteiger partial charge in [0, 0.05) is 6.04 Å². The lowest BCUT2D eigenvalue weighted by Gasteiger charge is -2.32. The Morgan fingerprint density at radius 3 is 2.63 bits per heavy atom. The highest BCUT2D eigenvalue weighted by Crippen LogP contribution is 2.44. The monoisotopic (exact) mass is 428 g/mol. The van der Waals surface area contributed by atoms with Crippen molar-refractivity contribution in [1.29, 1.82) is 0 Å². The van der Waals surface area contributed by atoms with E-state index in [-0.39, 0.29) is 11.9 Å². The third-order valence-corrected chi connectivity index (χ3v) is 6.76. The fourth-order valence-corrected chi connectivity index (χ4v) is 5.52. The van der Waals surface area contributed by atoms with Crippen LogP contribution < -0.4 is 4.72 Å². The molecule has 1 saturated heterocycles. The van der Waals surface area contributed by atoms with Crippen molar-refractivity contribution in [3.05, 3.63) is 60.2 Å². The second-order valence-corrected chi connectivity index (χ2v) is 10.2. The van der Waals surface area contributed by atoms with Gasteiger partial charge in [-0.15, -0.1) is 0 Å². The second kappa shape index (κ2) is 8.49. The van der Waals surface area contributed by atoms with Crippen molar-refractivity contribution < 1.29 is 18.0 Å². The van der Waals surface area contributed by atoms with Crippen molar-refractivity contribution in [3.63, 3.8) is 0 Å². The first kappa shape index (κ1) is 21.0. The Morgan fingerprint density at radius 1 is 1.17 bits per heavy atom. The summed E-state index contributed by atoms with van der Waals surface area (Å²) < 4.78 is 26.2. The Balaban J connectivity index is 1.62. The number of carbonyl (C=O) groups is 1. The molecule has 2 aliphatic rings. The van der Waals surface area contributed by atoms with Gasteiger partial charge in [0.25, 0.3) is 5.91 Å². The number of hydrogen-bond acceptors (Lipinski definition) is 4. The van der Waals surface area contributed by atoms with Gasteiger partial charge in [-0.05, 0) is 48.8 Å². The summed E-state index contributed by atoms with van der Waals surface area (Å²) in [5.41, 5.74) is 2.65. The molecule has 160 valence electrons. The van der Waals surface area contributed by atoms with Crippen molar-refractivity contribution in [1.82, 2.24) is 9.79 Å². The van der Waals surface area contributed by atoms with Gasteiger partial charge < -0.3 is 0 Å². The minimum absolute atomic E-state index is 0.0251. The van der Waals surface area contributed by atoms with Crippen LogP contribution in [0.2, 0.25) is 0 Å². The van der Waals surface area contributed by atoms with E-state index in [0.717, 1.165) is 23.1 Å². The van der Waals surface area contributed by atoms with Crippen LogP contribution >= 0.6 is 0 Å². The molecule has 2 aromatic carbocycles. The van der Waals surface area contributed by atoms with E-state index < -0.39 is 15.4 Å². The molecule has 0 aromatic heterocycles. The number of benzene rings is 2. The van der Waals surface area contributed by atoms with Crippen LogP contribution in [0.25, 0.3) is 11.1 Å². The highest BCUT2D eigenvalue weighted by Gasteiger charge is 2.48. The van der Waals surface area contributed by atoms with Gasteiger partial charge in [0.2, 0.25) is 10.0 Å². The summed E-state index contributed by atoms with van der Waals surface area (Å²) in [6, 6.07) is 18.2. The van der Waals surface area contributed by atoms with E-state index in [1.165, 1.54) is 11.3 Å². The third kappa shape index (κ3) is 4.74. The maximum atomic E-state index is 13.5. The zero-order chi connectivity index (χ0) is 21.2. The third-order valence-electron chi connectivity index (χ3n) is 6.00. The lowest BCUT2D eigenvalue weighted by Crippen LogP contribution is -2.43. The fraction of sp³-hybridized carbons (Fsp3) is 0.435. The molecule has 1 amide bonds. The lowest BCUT2D eigenvalue weighted by atomic mass is 9.78. The zero-order valence-corrected chi connectivity index (χ0v) is 18.0. The summed E-state index contributed by atoms with van der Waals surface area (Å²) in [6.07, 6.45) is 4.32. The van der Waals surface area contributed by atoms with E-state index in [0.29, 0.717) is 38.8 Å². The molecule has 0 radical (unpaired) electrons. The van der Waals surface area contributed by atoms with Crippen molar-refractivity contribution in [2.24, 2.45) is 5.41 Å². The molecular formula is C23H28N2O4S. The standard InChI is InChI=1S/C23H28N2O4S/c1-30(27,28)24-21-11-12-23(17-21,22(26)25-13-6-14-29-25)16-18-7-5-10-20(15-18)19-8-3-2-4-9-19/h2-5,7-10,15,21,24H,6,11-14,16-17H2,1H3/t21-,23+/m0/s1. The average Bonchev–Trinajstić information content (AvgIpc) is 3.38. The normalized spacial score (nSPS) is 24.3. The Labute approximate surface area is 178 Å². The summed E-state index contributed by atoms with van der Waals surface area (Å²) in [5, 5.41) is 1.49. The molecule has 2 aromatic rings. The van der Waals surface area contributed by atoms with E-state index in [1.54, 1.807) is 0 Å². The Bertz CT molecular complexity index is 1000. The van der Waals surface area contributed by atoms with Gasteiger partial charge >= 0.3 is 0 Å². The highest BCUT2D eigenvalue weighted by atomic mass is 32.2. The van der Waals surface area contributed by atoms with Crippen LogP contribution in [0.5, 0.6) is 0 Å². The van der Waals surface area contributed by atoms with Gasteiger partial charge in [0.05, 0.1) is 24.8 Å². The van der Waals surface area contributed by atoms with E-state index >= 15 is 0 Å². The number of sulfonamides is 1. The molecule has 6 nitrogen and oxygen atoms in total. The number of rotatable bonds is 6. The minimum atomic E-state index is -3.32. The number of hydroxylamine groups is 2. The van der Waals surface area contributed by atoms with E-state index in [2.05, 4.69) is 29.0 Å². The molecule has 30 heavy (non-hydrogen) atoms. The van der Waals surface area contributed by atoms with Gasteiger partial charge in [-0.1, -0.05) is 54.6 Å². The molecule has 1 aliphatic carbocycles. The van der Waals surface area contributed by atoms with Gasteiger partial charge in [0.15, 0.2) is 0 Å². The summed E-state index contributed by atoms with van der Waals surface area (Å²) >= 11 is 0. The van der Waals surface area contributed by atoms with Crippen LogP contribution in [-0.2, 0) is 26.1 Å². The SMILES string of the molecule is CS(=O)(=O)N[C@H]1CC[C@](Cc2cccc(-c3ccccc3)c2)(C(=O)N2CCCO2)C1. The van der Waals surface area contributed by atoms with Gasteiger partial charge in [-0.3, -0.25) is 9.63 Å². The van der Waals surface area contributed by atoms with Gasteiger partial charge in [-0.25, -0.2) is 18.2 Å². The lowest BCUT2D eigenvalue weighted by molar-refractivity contribution is -0.180. The first-order valence-electron chi connectivity index (χ1n) is 10.4. The molecule has 2 fully saturated rings. The Morgan fingerprint density at radius 2 is 1.93 bits per heavy atom. The summed E-state index contributed by atoms with van der Waals surface area (Å²) in [7, 11) is -3.32. The first-order chi connectivity index (χ1) is 14.3. The molecule has 1 N–H and O–H groups in total. The van der Waals surface area contributed by atoms with Crippen molar-refractivity contribution in [2.45, 2.75) is 38.1 Å². The Kier molecular flexibility index (Phi) is 5.95. The Hall–Kier alpha value is -2.22. The van der Waals surface area contributed by atoms with E-state index in [9.17, 15) is 13.2 Å². The minimum Gasteiger partial charge on any atom is -0.272 e. The van der Waals surface area contributed by atoms with Crippen LogP contribution in [0.15, 0.2) is 54.6 Å².